The van der Waals surface area contributed by atoms with Crippen LogP contribution in [0.25, 0.3) is 21.8 Å². The number of nitrogens with one attached hydrogen (secondary N) is 3. The third kappa shape index (κ3) is 2.65. The highest BCUT2D eigenvalue weighted by molar-refractivity contribution is 5.97. The number of aromatic amines is 1. The Morgan fingerprint density at radius 2 is 2.00 bits per heavy atom. The van der Waals surface area contributed by atoms with Gasteiger partial charge in [0.05, 0.1) is 5.52 Å². The van der Waals surface area contributed by atoms with Crippen molar-refractivity contribution in [1.82, 2.24) is 15.2 Å². The van der Waals surface area contributed by atoms with Gasteiger partial charge in [-0.2, -0.15) is 5.10 Å². The van der Waals surface area contributed by atoms with Crippen molar-refractivity contribution in [3.63, 3.8) is 0 Å². The Hall–Kier alpha value is -3.08. The Bertz CT molecular complexity index is 1080. The summed E-state index contributed by atoms with van der Waals surface area (Å²) in [5, 5.41) is 16.9. The fraction of sp³-hybridized carbons (Fsp3) is 0.238. The van der Waals surface area contributed by atoms with Gasteiger partial charge in [-0.25, -0.2) is 0 Å². The van der Waals surface area contributed by atoms with Crippen LogP contribution in [0, 0.1) is 5.92 Å². The van der Waals surface area contributed by atoms with Crippen molar-refractivity contribution in [1.29, 1.82) is 0 Å². The van der Waals surface area contributed by atoms with Gasteiger partial charge < -0.3 is 10.6 Å². The predicted molar refractivity (Wildman–Crippen MR) is 107 cm³/mol. The number of H-pyrrole nitrogens is 1. The molecular weight excluding hydrogens is 322 g/mol. The minimum atomic E-state index is 0.606. The smallest absolute Gasteiger partial charge is 0.178 e. The molecule has 2 aromatic heterocycles. The third-order valence-corrected chi connectivity index (χ3v) is 5.20. The van der Waals surface area contributed by atoms with Crippen LogP contribution >= 0.6 is 0 Å². The molecule has 1 fully saturated rings. The fourth-order valence-electron chi connectivity index (χ4n) is 3.80. The van der Waals surface area contributed by atoms with Crippen LogP contribution in [-0.2, 0) is 0 Å². The fourth-order valence-corrected chi connectivity index (χ4v) is 3.80. The molecule has 5 nitrogen and oxygen atoms in total. The summed E-state index contributed by atoms with van der Waals surface area (Å²) in [7, 11) is 0. The maximum atomic E-state index is 4.40. The van der Waals surface area contributed by atoms with Crippen molar-refractivity contribution in [2.24, 2.45) is 5.92 Å². The standard InChI is InChI=1S/C21H21N5/c1-13-10-16(11-13)23-18-5-2-4-14-12-15(7-8-17(14)18)24-21-20-19(25-26-21)6-3-9-22-20/h2-9,12-13,16,23H,10-11H2,1H3,(H2,24,25,26). The van der Waals surface area contributed by atoms with Gasteiger partial charge in [-0.1, -0.05) is 25.1 Å². The lowest BCUT2D eigenvalue weighted by Crippen LogP contribution is -2.33. The lowest BCUT2D eigenvalue weighted by atomic mass is 9.81. The van der Waals surface area contributed by atoms with E-state index in [-0.39, 0.29) is 0 Å². The Balaban J connectivity index is 1.44. The maximum absolute atomic E-state index is 4.40. The van der Waals surface area contributed by atoms with E-state index in [1.54, 1.807) is 6.20 Å². The predicted octanol–water partition coefficient (Wildman–Crippen LogP) is 5.07. The number of fused-ring (bicyclic) bond motifs is 2. The first-order chi connectivity index (χ1) is 12.8. The third-order valence-electron chi connectivity index (χ3n) is 5.20. The van der Waals surface area contributed by atoms with Crippen LogP contribution in [0.5, 0.6) is 0 Å². The minimum Gasteiger partial charge on any atom is -0.382 e. The molecule has 130 valence electrons. The quantitative estimate of drug-likeness (QED) is 0.484. The monoisotopic (exact) mass is 343 g/mol. The molecule has 1 aliphatic rings. The summed E-state index contributed by atoms with van der Waals surface area (Å²) in [6, 6.07) is 17.3. The zero-order valence-corrected chi connectivity index (χ0v) is 14.7. The second-order valence-corrected chi connectivity index (χ2v) is 7.26. The summed E-state index contributed by atoms with van der Waals surface area (Å²) >= 11 is 0. The largest absolute Gasteiger partial charge is 0.382 e. The number of benzene rings is 2. The van der Waals surface area contributed by atoms with Crippen LogP contribution in [0.2, 0.25) is 0 Å². The number of hydrogen-bond acceptors (Lipinski definition) is 4. The van der Waals surface area contributed by atoms with Gasteiger partial charge in [0.1, 0.15) is 5.52 Å². The van der Waals surface area contributed by atoms with Gasteiger partial charge in [0.25, 0.3) is 0 Å². The average molecular weight is 343 g/mol. The second-order valence-electron chi connectivity index (χ2n) is 7.26. The number of aromatic nitrogens is 3. The Kier molecular flexibility index (Phi) is 3.52. The van der Waals surface area contributed by atoms with Crippen molar-refractivity contribution in [3.05, 3.63) is 54.7 Å². The van der Waals surface area contributed by atoms with E-state index < -0.39 is 0 Å². The summed E-state index contributed by atoms with van der Waals surface area (Å²) in [5.74, 6) is 1.59. The molecule has 4 aromatic rings. The highest BCUT2D eigenvalue weighted by atomic mass is 15.2. The van der Waals surface area contributed by atoms with E-state index in [1.807, 2.05) is 12.1 Å². The van der Waals surface area contributed by atoms with Crippen molar-refractivity contribution in [2.45, 2.75) is 25.8 Å². The molecule has 0 aliphatic heterocycles. The molecule has 5 rings (SSSR count). The Morgan fingerprint density at radius 3 is 2.88 bits per heavy atom. The van der Waals surface area contributed by atoms with Crippen molar-refractivity contribution in [3.8, 4) is 0 Å². The molecule has 0 spiro atoms. The van der Waals surface area contributed by atoms with Gasteiger partial charge in [-0.3, -0.25) is 10.1 Å². The first-order valence-electron chi connectivity index (χ1n) is 9.12. The van der Waals surface area contributed by atoms with Crippen molar-refractivity contribution in [2.75, 3.05) is 10.6 Å². The highest BCUT2D eigenvalue weighted by Crippen LogP contribution is 2.33. The molecule has 0 radical (unpaired) electrons. The van der Waals surface area contributed by atoms with Gasteiger partial charge in [0.2, 0.25) is 0 Å². The Labute approximate surface area is 151 Å². The molecule has 0 atom stereocenters. The summed E-state index contributed by atoms with van der Waals surface area (Å²) in [6.07, 6.45) is 4.30. The summed E-state index contributed by atoms with van der Waals surface area (Å²) in [6.45, 7) is 2.31. The Morgan fingerprint density at radius 1 is 1.08 bits per heavy atom. The molecule has 26 heavy (non-hydrogen) atoms. The van der Waals surface area contributed by atoms with Crippen molar-refractivity contribution < 1.29 is 0 Å². The van der Waals surface area contributed by atoms with E-state index in [9.17, 15) is 0 Å². The van der Waals surface area contributed by atoms with Gasteiger partial charge >= 0.3 is 0 Å². The molecule has 0 unspecified atom stereocenters. The number of nitrogens with zero attached hydrogens (tertiary/aromatic N) is 2. The lowest BCUT2D eigenvalue weighted by molar-refractivity contribution is 0.309. The van der Waals surface area contributed by atoms with Crippen LogP contribution in [0.4, 0.5) is 17.2 Å². The normalized spacial score (nSPS) is 19.4. The molecule has 3 N–H and O–H groups in total. The molecule has 0 saturated heterocycles. The van der Waals surface area contributed by atoms with E-state index in [4.69, 9.17) is 0 Å². The molecule has 5 heteroatoms. The van der Waals surface area contributed by atoms with Crippen LogP contribution in [0.3, 0.4) is 0 Å². The molecule has 0 bridgehead atoms. The van der Waals surface area contributed by atoms with Crippen LogP contribution in [0.15, 0.2) is 54.7 Å². The van der Waals surface area contributed by atoms with E-state index in [1.165, 1.54) is 29.3 Å². The zero-order valence-electron chi connectivity index (χ0n) is 14.7. The number of hydrogen-bond donors (Lipinski definition) is 3. The average Bonchev–Trinajstić information content (AvgIpc) is 3.03. The molecule has 1 saturated carbocycles. The van der Waals surface area contributed by atoms with Crippen LogP contribution in [0.1, 0.15) is 19.8 Å². The SMILES string of the molecule is CC1CC(Nc2cccc3cc(Nc4n[nH]c5cccnc45)ccc23)C1. The number of pyridine rings is 1. The molecule has 1 aliphatic carbocycles. The van der Waals surface area contributed by atoms with Crippen LogP contribution < -0.4 is 10.6 Å². The van der Waals surface area contributed by atoms with E-state index in [2.05, 4.69) is 69.1 Å². The number of anilines is 3. The molecule has 2 aromatic carbocycles. The van der Waals surface area contributed by atoms with E-state index in [0.29, 0.717) is 6.04 Å². The molecule has 0 amide bonds. The van der Waals surface area contributed by atoms with Gasteiger partial charge in [-0.15, -0.1) is 0 Å². The maximum Gasteiger partial charge on any atom is 0.178 e. The zero-order chi connectivity index (χ0) is 17.5. The first-order valence-corrected chi connectivity index (χ1v) is 9.12. The highest BCUT2D eigenvalue weighted by Gasteiger charge is 2.25. The summed E-state index contributed by atoms with van der Waals surface area (Å²) in [5.41, 5.74) is 4.00. The van der Waals surface area contributed by atoms with Crippen molar-refractivity contribution >= 4 is 39.0 Å². The van der Waals surface area contributed by atoms with E-state index in [0.717, 1.165) is 28.5 Å². The lowest BCUT2D eigenvalue weighted by Gasteiger charge is -2.34. The second kappa shape index (κ2) is 6.02. The number of rotatable bonds is 4. The van der Waals surface area contributed by atoms with Crippen LogP contribution in [-0.4, -0.2) is 21.2 Å². The van der Waals surface area contributed by atoms with Gasteiger partial charge in [-0.05, 0) is 54.5 Å². The minimum absolute atomic E-state index is 0.606. The van der Waals surface area contributed by atoms with Gasteiger partial charge in [0.15, 0.2) is 5.82 Å². The van der Waals surface area contributed by atoms with Gasteiger partial charge in [0, 0.05) is 29.0 Å². The molecular formula is C21H21N5. The molecule has 2 heterocycles. The summed E-state index contributed by atoms with van der Waals surface area (Å²) < 4.78 is 0. The van der Waals surface area contributed by atoms with E-state index >= 15 is 0 Å². The summed E-state index contributed by atoms with van der Waals surface area (Å²) in [4.78, 5) is 4.40. The topological polar surface area (TPSA) is 65.6 Å². The first kappa shape index (κ1) is 15.2.